The molecule has 0 unspecified atom stereocenters. The zero-order chi connectivity index (χ0) is 18.7. The largest absolute Gasteiger partial charge is 0.274 e. The van der Waals surface area contributed by atoms with Gasteiger partial charge in [0.2, 0.25) is 10.0 Å². The Morgan fingerprint density at radius 1 is 1.19 bits per heavy atom. The van der Waals surface area contributed by atoms with Crippen molar-refractivity contribution in [3.05, 3.63) is 52.9 Å². The molecule has 0 aliphatic carbocycles. The number of anilines is 1. The average molecular weight is 399 g/mol. The Morgan fingerprint density at radius 3 is 2.54 bits per heavy atom. The molecule has 1 saturated heterocycles. The summed E-state index contributed by atoms with van der Waals surface area (Å²) in [5, 5.41) is 0.362. The molecule has 2 aromatic rings. The smallest absolute Gasteiger partial charge is 0.260 e. The lowest BCUT2D eigenvalue weighted by molar-refractivity contribution is -0.367. The highest BCUT2D eigenvalue weighted by atomic mass is 35.5. The van der Waals surface area contributed by atoms with Crippen LogP contribution in [0.5, 0.6) is 0 Å². The maximum atomic E-state index is 13.9. The van der Waals surface area contributed by atoms with Crippen LogP contribution in [0.25, 0.3) is 0 Å². The molecular weight excluding hydrogens is 377 g/mol. The molecule has 0 bridgehead atoms. The molecule has 1 aliphatic rings. The van der Waals surface area contributed by atoms with Gasteiger partial charge in [0.1, 0.15) is 23.5 Å². The number of aromatic amines is 1. The molecule has 140 valence electrons. The number of pyridine rings is 1. The molecule has 1 aliphatic heterocycles. The van der Waals surface area contributed by atoms with Crippen molar-refractivity contribution >= 4 is 27.4 Å². The van der Waals surface area contributed by atoms with Crippen molar-refractivity contribution in [1.29, 1.82) is 0 Å². The van der Waals surface area contributed by atoms with Gasteiger partial charge in [0, 0.05) is 24.7 Å². The van der Waals surface area contributed by atoms with Gasteiger partial charge in [-0.25, -0.2) is 17.8 Å². The van der Waals surface area contributed by atoms with Crippen molar-refractivity contribution in [2.45, 2.75) is 30.7 Å². The van der Waals surface area contributed by atoms with Crippen LogP contribution in [0, 0.1) is 5.82 Å². The number of nitrogens with zero attached hydrogens (tertiary/aromatic N) is 2. The van der Waals surface area contributed by atoms with Crippen LogP contribution in [-0.4, -0.2) is 32.9 Å². The van der Waals surface area contributed by atoms with Gasteiger partial charge in [-0.3, -0.25) is 4.90 Å². The Morgan fingerprint density at radius 2 is 1.92 bits per heavy atom. The van der Waals surface area contributed by atoms with Crippen molar-refractivity contribution in [3.8, 4) is 0 Å². The molecule has 3 rings (SSSR count). The third-order valence-electron chi connectivity index (χ3n) is 4.59. The van der Waals surface area contributed by atoms with E-state index in [1.807, 2.05) is 0 Å². The Hall–Kier alpha value is -1.70. The molecule has 1 aromatic carbocycles. The van der Waals surface area contributed by atoms with Gasteiger partial charge in [0.25, 0.3) is 5.82 Å². The first-order chi connectivity index (χ1) is 12.4. The number of rotatable bonds is 5. The first-order valence-electron chi connectivity index (χ1n) is 8.55. The molecule has 0 radical (unpaired) electrons. The number of benzene rings is 1. The fourth-order valence-corrected chi connectivity index (χ4v) is 4.77. The Labute approximate surface area is 158 Å². The van der Waals surface area contributed by atoms with Gasteiger partial charge >= 0.3 is 0 Å². The number of H-pyrrole nitrogens is 1. The molecule has 1 fully saturated rings. The van der Waals surface area contributed by atoms with E-state index >= 15 is 0 Å². The molecule has 0 atom stereocenters. The van der Waals surface area contributed by atoms with Gasteiger partial charge in [-0.15, -0.1) is 0 Å². The van der Waals surface area contributed by atoms with Crippen molar-refractivity contribution in [3.63, 3.8) is 0 Å². The normalized spacial score (nSPS) is 15.8. The van der Waals surface area contributed by atoms with Crippen LogP contribution >= 0.6 is 11.6 Å². The molecular formula is C18H22ClFN3O2S+. The Balaban J connectivity index is 1.76. The SMILES string of the molecule is CN(Cc1c(F)cccc1Cl)c1ccc(S(=O)(=O)N2CCCCC2)c[nH+]1. The third-order valence-corrected chi connectivity index (χ3v) is 6.84. The molecule has 0 amide bonds. The van der Waals surface area contributed by atoms with Crippen LogP contribution in [0.1, 0.15) is 24.8 Å². The minimum absolute atomic E-state index is 0.237. The zero-order valence-electron chi connectivity index (χ0n) is 14.6. The van der Waals surface area contributed by atoms with E-state index in [-0.39, 0.29) is 17.3 Å². The van der Waals surface area contributed by atoms with Crippen molar-refractivity contribution in [2.24, 2.45) is 0 Å². The second kappa shape index (κ2) is 7.90. The summed E-state index contributed by atoms with van der Waals surface area (Å²) in [6, 6.07) is 7.84. The van der Waals surface area contributed by atoms with Gasteiger partial charge in [0.15, 0.2) is 0 Å². The van der Waals surface area contributed by atoms with E-state index in [1.54, 1.807) is 36.2 Å². The lowest BCUT2D eigenvalue weighted by Gasteiger charge is -2.25. The van der Waals surface area contributed by atoms with Crippen LogP contribution in [0.4, 0.5) is 10.2 Å². The lowest BCUT2D eigenvalue weighted by atomic mass is 10.2. The van der Waals surface area contributed by atoms with E-state index in [1.165, 1.54) is 16.6 Å². The van der Waals surface area contributed by atoms with Crippen LogP contribution in [0.3, 0.4) is 0 Å². The standard InChI is InChI=1S/C18H21ClFN3O2S/c1-22(13-15-16(19)6-5-7-17(15)20)18-9-8-14(12-21-18)26(24,25)23-10-3-2-4-11-23/h5-9,12H,2-4,10-11,13H2,1H3/p+1. The van der Waals surface area contributed by atoms with Crippen molar-refractivity contribution in [2.75, 3.05) is 25.0 Å². The summed E-state index contributed by atoms with van der Waals surface area (Å²) in [7, 11) is -1.69. The fraction of sp³-hybridized carbons (Fsp3) is 0.389. The third kappa shape index (κ3) is 4.00. The quantitative estimate of drug-likeness (QED) is 0.777. The number of piperidine rings is 1. The number of nitrogens with one attached hydrogen (secondary N) is 1. The maximum Gasteiger partial charge on any atom is 0.274 e. The van der Waals surface area contributed by atoms with E-state index in [2.05, 4.69) is 4.98 Å². The van der Waals surface area contributed by atoms with Crippen molar-refractivity contribution in [1.82, 2.24) is 4.31 Å². The molecule has 5 nitrogen and oxygen atoms in total. The first-order valence-corrected chi connectivity index (χ1v) is 10.4. The first kappa shape index (κ1) is 19.1. The summed E-state index contributed by atoms with van der Waals surface area (Å²) >= 11 is 6.07. The van der Waals surface area contributed by atoms with Crippen molar-refractivity contribution < 1.29 is 17.8 Å². The second-order valence-corrected chi connectivity index (χ2v) is 8.78. The van der Waals surface area contributed by atoms with E-state index in [9.17, 15) is 12.8 Å². The van der Waals surface area contributed by atoms with E-state index in [0.29, 0.717) is 29.5 Å². The molecule has 8 heteroatoms. The minimum Gasteiger partial charge on any atom is -0.260 e. The van der Waals surface area contributed by atoms with Crippen LogP contribution < -0.4 is 9.88 Å². The molecule has 2 heterocycles. The number of sulfonamides is 1. The fourth-order valence-electron chi connectivity index (χ4n) is 3.06. The lowest BCUT2D eigenvalue weighted by Crippen LogP contribution is -2.36. The molecule has 0 spiro atoms. The van der Waals surface area contributed by atoms with Crippen LogP contribution in [-0.2, 0) is 16.6 Å². The maximum absolute atomic E-state index is 13.9. The summed E-state index contributed by atoms with van der Waals surface area (Å²) in [6.45, 7) is 1.39. The average Bonchev–Trinajstić information content (AvgIpc) is 2.65. The monoisotopic (exact) mass is 398 g/mol. The minimum atomic E-state index is -3.47. The Bertz CT molecular complexity index is 848. The summed E-state index contributed by atoms with van der Waals surface area (Å²) < 4.78 is 40.8. The van der Waals surface area contributed by atoms with Gasteiger partial charge < -0.3 is 0 Å². The summed E-state index contributed by atoms with van der Waals surface area (Å²) in [5.74, 6) is 0.301. The van der Waals surface area contributed by atoms with Gasteiger partial charge in [-0.1, -0.05) is 24.1 Å². The van der Waals surface area contributed by atoms with Gasteiger partial charge in [-0.05, 0) is 31.0 Å². The van der Waals surface area contributed by atoms with E-state index in [4.69, 9.17) is 11.6 Å². The van der Waals surface area contributed by atoms with Gasteiger partial charge in [-0.2, -0.15) is 4.31 Å². The Kier molecular flexibility index (Phi) is 5.79. The molecule has 26 heavy (non-hydrogen) atoms. The highest BCUT2D eigenvalue weighted by Gasteiger charge is 2.27. The molecule has 1 N–H and O–H groups in total. The second-order valence-electron chi connectivity index (χ2n) is 6.43. The topological polar surface area (TPSA) is 54.8 Å². The van der Waals surface area contributed by atoms with Crippen LogP contribution in [0.2, 0.25) is 5.02 Å². The summed E-state index contributed by atoms with van der Waals surface area (Å²) in [4.78, 5) is 5.01. The number of hydrogen-bond donors (Lipinski definition) is 0. The predicted octanol–water partition coefficient (Wildman–Crippen LogP) is 3.10. The molecule has 1 aromatic heterocycles. The molecule has 0 saturated carbocycles. The number of halogens is 2. The number of hydrogen-bond acceptors (Lipinski definition) is 3. The highest BCUT2D eigenvalue weighted by molar-refractivity contribution is 7.89. The zero-order valence-corrected chi connectivity index (χ0v) is 16.2. The summed E-state index contributed by atoms with van der Waals surface area (Å²) in [6.07, 6.45) is 4.35. The number of aromatic nitrogens is 1. The van der Waals surface area contributed by atoms with E-state index in [0.717, 1.165) is 19.3 Å². The summed E-state index contributed by atoms with van der Waals surface area (Å²) in [5.41, 5.74) is 0.398. The predicted molar refractivity (Wildman–Crippen MR) is 99.1 cm³/mol. The van der Waals surface area contributed by atoms with E-state index < -0.39 is 10.0 Å². The van der Waals surface area contributed by atoms with Crippen LogP contribution in [0.15, 0.2) is 41.4 Å². The highest BCUT2D eigenvalue weighted by Crippen LogP contribution is 2.23. The van der Waals surface area contributed by atoms with Gasteiger partial charge in [0.05, 0.1) is 12.1 Å².